The summed E-state index contributed by atoms with van der Waals surface area (Å²) in [5.74, 6) is -0.549. The predicted molar refractivity (Wildman–Crippen MR) is 122 cm³/mol. The summed E-state index contributed by atoms with van der Waals surface area (Å²) < 4.78 is 5.84. The van der Waals surface area contributed by atoms with Gasteiger partial charge in [-0.1, -0.05) is 17.4 Å². The first-order valence-electron chi connectivity index (χ1n) is 9.83. The van der Waals surface area contributed by atoms with Crippen LogP contribution in [0.15, 0.2) is 36.4 Å². The number of ether oxygens (including phenoxy) is 1. The molecule has 158 valence electrons. The number of hydrogen-bond acceptors (Lipinski definition) is 6. The highest BCUT2D eigenvalue weighted by atomic mass is 32.1. The van der Waals surface area contributed by atoms with Gasteiger partial charge in [0.15, 0.2) is 5.13 Å². The largest absolute Gasteiger partial charge is 0.465 e. The molecule has 0 saturated carbocycles. The average molecular weight is 426 g/mol. The van der Waals surface area contributed by atoms with Crippen molar-refractivity contribution in [2.45, 2.75) is 20.3 Å². The summed E-state index contributed by atoms with van der Waals surface area (Å²) in [6, 6.07) is 10.7. The van der Waals surface area contributed by atoms with E-state index in [0.29, 0.717) is 22.8 Å². The Morgan fingerprint density at radius 2 is 1.70 bits per heavy atom. The molecule has 2 aromatic carbocycles. The molecule has 0 atom stereocenters. The van der Waals surface area contributed by atoms with Crippen LogP contribution in [0.3, 0.4) is 0 Å². The first-order chi connectivity index (χ1) is 14.3. The topological polar surface area (TPSA) is 62.7 Å². The molecule has 0 saturated heterocycles. The first-order valence-corrected chi connectivity index (χ1v) is 10.6. The van der Waals surface area contributed by atoms with Crippen LogP contribution in [0.5, 0.6) is 0 Å². The van der Waals surface area contributed by atoms with Crippen LogP contribution < -0.4 is 4.90 Å². The number of carbonyl (C=O) groups excluding carboxylic acids is 2. The molecule has 1 aromatic heterocycles. The molecule has 0 aliphatic carbocycles. The van der Waals surface area contributed by atoms with Crippen molar-refractivity contribution in [3.05, 3.63) is 58.7 Å². The van der Waals surface area contributed by atoms with Crippen LogP contribution in [0.1, 0.15) is 38.3 Å². The van der Waals surface area contributed by atoms with E-state index in [1.807, 2.05) is 21.0 Å². The van der Waals surface area contributed by atoms with Crippen LogP contribution in [-0.4, -0.2) is 56.1 Å². The van der Waals surface area contributed by atoms with Gasteiger partial charge in [-0.15, -0.1) is 0 Å². The molecule has 7 heteroatoms. The Bertz CT molecular complexity index is 1060. The number of benzene rings is 2. The number of anilines is 1. The van der Waals surface area contributed by atoms with Gasteiger partial charge in [0.25, 0.3) is 5.91 Å². The first kappa shape index (κ1) is 21.9. The van der Waals surface area contributed by atoms with E-state index >= 15 is 0 Å². The highest BCUT2D eigenvalue weighted by Crippen LogP contribution is 2.33. The molecule has 0 radical (unpaired) electrons. The minimum atomic E-state index is -0.422. The normalized spacial score (nSPS) is 11.1. The van der Waals surface area contributed by atoms with Crippen molar-refractivity contribution < 1.29 is 14.3 Å². The second kappa shape index (κ2) is 9.36. The fourth-order valence-corrected chi connectivity index (χ4v) is 4.37. The summed E-state index contributed by atoms with van der Waals surface area (Å²) in [5, 5.41) is 0.694. The third kappa shape index (κ3) is 4.86. The van der Waals surface area contributed by atoms with Crippen molar-refractivity contribution in [2.24, 2.45) is 0 Å². The van der Waals surface area contributed by atoms with E-state index in [1.54, 1.807) is 40.5 Å². The van der Waals surface area contributed by atoms with Gasteiger partial charge >= 0.3 is 5.97 Å². The Balaban J connectivity index is 1.94. The van der Waals surface area contributed by atoms with Crippen molar-refractivity contribution in [3.8, 4) is 0 Å². The number of nitrogens with zero attached hydrogens (tertiary/aromatic N) is 3. The highest BCUT2D eigenvalue weighted by Gasteiger charge is 2.22. The van der Waals surface area contributed by atoms with E-state index in [-0.39, 0.29) is 5.91 Å². The van der Waals surface area contributed by atoms with E-state index in [1.165, 1.54) is 7.11 Å². The second-order valence-electron chi connectivity index (χ2n) is 7.61. The molecule has 0 N–H and O–H groups in total. The van der Waals surface area contributed by atoms with Crippen LogP contribution >= 0.6 is 11.3 Å². The van der Waals surface area contributed by atoms with Gasteiger partial charge in [0, 0.05) is 12.1 Å². The predicted octanol–water partition coefficient (Wildman–Crippen LogP) is 4.30. The monoisotopic (exact) mass is 425 g/mol. The van der Waals surface area contributed by atoms with Crippen molar-refractivity contribution >= 4 is 38.6 Å². The zero-order valence-electron chi connectivity index (χ0n) is 18.1. The number of amides is 1. The Labute approximate surface area is 181 Å². The van der Waals surface area contributed by atoms with E-state index in [0.717, 1.165) is 34.3 Å². The lowest BCUT2D eigenvalue weighted by atomic mass is 10.1. The second-order valence-corrected chi connectivity index (χ2v) is 8.59. The van der Waals surface area contributed by atoms with Crippen LogP contribution in [0, 0.1) is 13.8 Å². The molecule has 0 fully saturated rings. The van der Waals surface area contributed by atoms with Gasteiger partial charge < -0.3 is 9.64 Å². The smallest absolute Gasteiger partial charge is 0.337 e. The number of methoxy groups -OCH3 is 1. The lowest BCUT2D eigenvalue weighted by molar-refractivity contribution is 0.0600. The zero-order chi connectivity index (χ0) is 21.8. The molecule has 0 unspecified atom stereocenters. The number of hydrogen-bond donors (Lipinski definition) is 0. The minimum absolute atomic E-state index is 0.126. The number of thiazole rings is 1. The average Bonchev–Trinajstić information content (AvgIpc) is 3.14. The summed E-state index contributed by atoms with van der Waals surface area (Å²) in [7, 11) is 5.37. The number of carbonyl (C=O) groups is 2. The molecule has 1 amide bonds. The molecule has 6 nitrogen and oxygen atoms in total. The molecular formula is C23H27N3O3S. The Morgan fingerprint density at radius 3 is 2.33 bits per heavy atom. The fourth-order valence-electron chi connectivity index (χ4n) is 3.33. The van der Waals surface area contributed by atoms with Crippen molar-refractivity contribution in [1.29, 1.82) is 0 Å². The summed E-state index contributed by atoms with van der Waals surface area (Å²) in [4.78, 5) is 33.7. The molecule has 0 aliphatic rings. The number of aromatic nitrogens is 1. The van der Waals surface area contributed by atoms with Gasteiger partial charge in [0.2, 0.25) is 0 Å². The van der Waals surface area contributed by atoms with Gasteiger partial charge in [-0.25, -0.2) is 9.78 Å². The molecule has 3 rings (SSSR count). The Kier molecular flexibility index (Phi) is 6.84. The van der Waals surface area contributed by atoms with Gasteiger partial charge in [-0.05, 0) is 82.4 Å². The summed E-state index contributed by atoms with van der Waals surface area (Å²) in [5.41, 5.74) is 4.16. The van der Waals surface area contributed by atoms with E-state index in [4.69, 9.17) is 9.72 Å². The minimum Gasteiger partial charge on any atom is -0.465 e. The third-order valence-corrected chi connectivity index (χ3v) is 6.05. The SMILES string of the molecule is COC(=O)c1ccc(C(=O)N(CCCN(C)C)c2nc3cc(C)cc(C)c3s2)cc1. The van der Waals surface area contributed by atoms with E-state index < -0.39 is 5.97 Å². The Morgan fingerprint density at radius 1 is 1.03 bits per heavy atom. The van der Waals surface area contributed by atoms with Gasteiger partial charge in [0.1, 0.15) is 0 Å². The molecule has 0 spiro atoms. The van der Waals surface area contributed by atoms with Crippen LogP contribution in [0.25, 0.3) is 10.2 Å². The zero-order valence-corrected chi connectivity index (χ0v) is 18.9. The molecule has 30 heavy (non-hydrogen) atoms. The summed E-state index contributed by atoms with van der Waals surface area (Å²) in [6.07, 6.45) is 0.826. The molecule has 0 bridgehead atoms. The molecular weight excluding hydrogens is 398 g/mol. The number of esters is 1. The van der Waals surface area contributed by atoms with Crippen LogP contribution in [0.2, 0.25) is 0 Å². The lowest BCUT2D eigenvalue weighted by Gasteiger charge is -2.21. The number of aryl methyl sites for hydroxylation is 2. The summed E-state index contributed by atoms with van der Waals surface area (Å²) in [6.45, 7) is 5.55. The molecule has 3 aromatic rings. The van der Waals surface area contributed by atoms with Crippen molar-refractivity contribution in [1.82, 2.24) is 9.88 Å². The third-order valence-electron chi connectivity index (χ3n) is 4.82. The molecule has 1 heterocycles. The quantitative estimate of drug-likeness (QED) is 0.528. The summed E-state index contributed by atoms with van der Waals surface area (Å²) >= 11 is 1.54. The van der Waals surface area contributed by atoms with E-state index in [2.05, 4.69) is 24.0 Å². The number of rotatable bonds is 7. The maximum absolute atomic E-state index is 13.4. The van der Waals surface area contributed by atoms with Crippen LogP contribution in [-0.2, 0) is 4.74 Å². The Hall–Kier alpha value is -2.77. The van der Waals surface area contributed by atoms with Gasteiger partial charge in [0.05, 0.1) is 22.9 Å². The standard InChI is InChI=1S/C23H27N3O3S/c1-15-13-16(2)20-19(14-15)24-23(30-20)26(12-6-11-25(3)4)21(27)17-7-9-18(10-8-17)22(28)29-5/h7-10,13-14H,6,11-12H2,1-5H3. The van der Waals surface area contributed by atoms with Crippen LogP contribution in [0.4, 0.5) is 5.13 Å². The number of fused-ring (bicyclic) bond motifs is 1. The van der Waals surface area contributed by atoms with Gasteiger partial charge in [-0.3, -0.25) is 9.69 Å². The van der Waals surface area contributed by atoms with E-state index in [9.17, 15) is 9.59 Å². The van der Waals surface area contributed by atoms with Crippen molar-refractivity contribution in [2.75, 3.05) is 39.2 Å². The maximum Gasteiger partial charge on any atom is 0.337 e. The highest BCUT2D eigenvalue weighted by molar-refractivity contribution is 7.22. The fraction of sp³-hybridized carbons (Fsp3) is 0.348. The maximum atomic E-state index is 13.4. The van der Waals surface area contributed by atoms with Gasteiger partial charge in [-0.2, -0.15) is 0 Å². The van der Waals surface area contributed by atoms with Crippen molar-refractivity contribution in [3.63, 3.8) is 0 Å². The molecule has 0 aliphatic heterocycles. The lowest BCUT2D eigenvalue weighted by Crippen LogP contribution is -2.33.